The number of benzene rings is 3. The lowest BCUT2D eigenvalue weighted by atomic mass is 9.95. The van der Waals surface area contributed by atoms with Crippen LogP contribution in [0.15, 0.2) is 78.9 Å². The third-order valence-corrected chi connectivity index (χ3v) is 7.46. The maximum absolute atomic E-state index is 14.1. The molecule has 0 radical (unpaired) electrons. The minimum atomic E-state index is -1.08. The van der Waals surface area contributed by atoms with Crippen molar-refractivity contribution >= 4 is 40.8 Å². The Hall–Kier alpha value is -4.92. The second-order valence-electron chi connectivity index (χ2n) is 10.0. The highest BCUT2D eigenvalue weighted by Gasteiger charge is 2.34. The van der Waals surface area contributed by atoms with Gasteiger partial charge < -0.3 is 25.2 Å². The molecule has 4 amide bonds. The summed E-state index contributed by atoms with van der Waals surface area (Å²) in [6, 6.07) is 20.3. The number of anilines is 2. The minimum absolute atomic E-state index is 0.132. The van der Waals surface area contributed by atoms with Gasteiger partial charge in [-0.1, -0.05) is 54.6 Å². The molecule has 0 aromatic heterocycles. The molecule has 3 aromatic rings. The Morgan fingerprint density at radius 1 is 0.927 bits per heavy atom. The molecule has 0 spiro atoms. The van der Waals surface area contributed by atoms with Crippen molar-refractivity contribution in [2.24, 2.45) is 0 Å². The average molecular weight is 553 g/mol. The zero-order valence-corrected chi connectivity index (χ0v) is 23.1. The fraction of sp³-hybridized carbons (Fsp3) is 0.250. The van der Waals surface area contributed by atoms with Crippen LogP contribution in [0.3, 0.4) is 0 Å². The van der Waals surface area contributed by atoms with Gasteiger partial charge in [0.25, 0.3) is 5.91 Å². The number of likely N-dealkylation sites (tertiary alicyclic amines) is 1. The number of fused-ring (bicyclic) bond motifs is 1. The summed E-state index contributed by atoms with van der Waals surface area (Å²) in [6.45, 7) is 2.91. The summed E-state index contributed by atoms with van der Waals surface area (Å²) >= 11 is 0. The van der Waals surface area contributed by atoms with Crippen LogP contribution in [0, 0.1) is 6.92 Å². The number of nitrogens with one attached hydrogen (secondary N) is 2. The zero-order valence-electron chi connectivity index (χ0n) is 23.1. The number of urea groups is 1. The molecule has 2 N–H and O–H groups in total. The lowest BCUT2D eigenvalue weighted by Crippen LogP contribution is -2.51. The summed E-state index contributed by atoms with van der Waals surface area (Å²) in [7, 11) is 1.29. The molecule has 1 fully saturated rings. The Balaban J connectivity index is 1.50. The molecule has 2 aliphatic heterocycles. The van der Waals surface area contributed by atoms with Gasteiger partial charge >= 0.3 is 12.0 Å². The standard InChI is InChI=1S/C32H32N4O5/c1-21-23(31(39)41-2)14-10-15-26(21)33-32(40)34-27-19-25(22-11-4-3-5-12-22)24-13-6-7-16-28(24)36(30(27)38)20-29(37)35-17-8-9-18-35/h3-7,10-16,19,27H,8-9,17-18,20H2,1-2H3,(H2,33,34,40). The molecule has 1 unspecified atom stereocenters. The van der Waals surface area contributed by atoms with Gasteiger partial charge in [0.15, 0.2) is 0 Å². The molecular weight excluding hydrogens is 520 g/mol. The monoisotopic (exact) mass is 552 g/mol. The van der Waals surface area contributed by atoms with Crippen molar-refractivity contribution in [3.05, 3.63) is 101 Å². The molecule has 0 saturated carbocycles. The normalized spacial score (nSPS) is 16.4. The van der Waals surface area contributed by atoms with E-state index in [2.05, 4.69) is 10.6 Å². The molecule has 9 nitrogen and oxygen atoms in total. The number of hydrogen-bond acceptors (Lipinski definition) is 5. The predicted molar refractivity (Wildman–Crippen MR) is 157 cm³/mol. The van der Waals surface area contributed by atoms with Gasteiger partial charge in [0, 0.05) is 24.3 Å². The Morgan fingerprint density at radius 2 is 1.63 bits per heavy atom. The third kappa shape index (κ3) is 5.84. The van der Waals surface area contributed by atoms with Crippen molar-refractivity contribution in [3.63, 3.8) is 0 Å². The highest BCUT2D eigenvalue weighted by atomic mass is 16.5. The second kappa shape index (κ2) is 12.1. The van der Waals surface area contributed by atoms with Crippen molar-refractivity contribution in [2.75, 3.05) is 37.0 Å². The van der Waals surface area contributed by atoms with Crippen LogP contribution in [0.5, 0.6) is 0 Å². The largest absolute Gasteiger partial charge is 0.465 e. The van der Waals surface area contributed by atoms with E-state index in [1.54, 1.807) is 36.1 Å². The number of methoxy groups -OCH3 is 1. The van der Waals surface area contributed by atoms with Crippen LogP contribution in [0.25, 0.3) is 5.57 Å². The number of ether oxygens (including phenoxy) is 1. The molecular formula is C32H32N4O5. The van der Waals surface area contributed by atoms with E-state index < -0.39 is 23.9 Å². The molecule has 2 aliphatic rings. The number of rotatable bonds is 6. The van der Waals surface area contributed by atoms with Crippen LogP contribution in [-0.4, -0.2) is 61.5 Å². The quantitative estimate of drug-likeness (QED) is 0.442. The summed E-state index contributed by atoms with van der Waals surface area (Å²) in [5.41, 5.74) is 4.29. The van der Waals surface area contributed by atoms with E-state index in [1.165, 1.54) is 12.0 Å². The van der Waals surface area contributed by atoms with Gasteiger partial charge in [-0.15, -0.1) is 0 Å². The van der Waals surface area contributed by atoms with Gasteiger partial charge in [-0.3, -0.25) is 9.59 Å². The van der Waals surface area contributed by atoms with E-state index in [4.69, 9.17) is 4.74 Å². The van der Waals surface area contributed by atoms with E-state index in [0.29, 0.717) is 35.6 Å². The number of nitrogens with zero attached hydrogens (tertiary/aromatic N) is 2. The van der Waals surface area contributed by atoms with Crippen molar-refractivity contribution in [1.82, 2.24) is 10.2 Å². The molecule has 41 heavy (non-hydrogen) atoms. The van der Waals surface area contributed by atoms with E-state index in [1.807, 2.05) is 54.6 Å². The van der Waals surface area contributed by atoms with Crippen molar-refractivity contribution in [2.45, 2.75) is 25.8 Å². The van der Waals surface area contributed by atoms with E-state index in [-0.39, 0.29) is 12.5 Å². The van der Waals surface area contributed by atoms with E-state index in [0.717, 1.165) is 29.5 Å². The smallest absolute Gasteiger partial charge is 0.338 e. The van der Waals surface area contributed by atoms with Crippen molar-refractivity contribution < 1.29 is 23.9 Å². The SMILES string of the molecule is COC(=O)c1cccc(NC(=O)NC2C=C(c3ccccc3)c3ccccc3N(CC(=O)N3CCCC3)C2=O)c1C. The fourth-order valence-corrected chi connectivity index (χ4v) is 5.29. The molecule has 3 aromatic carbocycles. The number of esters is 1. The van der Waals surface area contributed by atoms with Crippen LogP contribution in [0.1, 0.15) is 39.9 Å². The van der Waals surface area contributed by atoms with Crippen molar-refractivity contribution in [3.8, 4) is 0 Å². The maximum Gasteiger partial charge on any atom is 0.338 e. The number of amides is 4. The van der Waals surface area contributed by atoms with Crippen LogP contribution >= 0.6 is 0 Å². The first-order chi connectivity index (χ1) is 19.9. The number of para-hydroxylation sites is 1. The number of carbonyl (C=O) groups is 4. The molecule has 0 bridgehead atoms. The van der Waals surface area contributed by atoms with Gasteiger partial charge in [-0.25, -0.2) is 9.59 Å². The van der Waals surface area contributed by atoms with Crippen molar-refractivity contribution in [1.29, 1.82) is 0 Å². The molecule has 1 atom stereocenters. The second-order valence-corrected chi connectivity index (χ2v) is 10.0. The maximum atomic E-state index is 14.1. The molecule has 210 valence electrons. The lowest BCUT2D eigenvalue weighted by Gasteiger charge is -2.27. The summed E-state index contributed by atoms with van der Waals surface area (Å²) in [5.74, 6) is -1.07. The van der Waals surface area contributed by atoms with E-state index >= 15 is 0 Å². The topological polar surface area (TPSA) is 108 Å². The molecule has 9 heteroatoms. The highest BCUT2D eigenvalue weighted by molar-refractivity contribution is 6.10. The lowest BCUT2D eigenvalue weighted by molar-refractivity contribution is -0.130. The van der Waals surface area contributed by atoms with Gasteiger partial charge in [0.2, 0.25) is 5.91 Å². The Kier molecular flexibility index (Phi) is 8.14. The average Bonchev–Trinajstić information content (AvgIpc) is 3.51. The summed E-state index contributed by atoms with van der Waals surface area (Å²) in [4.78, 5) is 56.0. The molecule has 2 heterocycles. The zero-order chi connectivity index (χ0) is 28.9. The molecule has 5 rings (SSSR count). The van der Waals surface area contributed by atoms with E-state index in [9.17, 15) is 19.2 Å². The molecule has 1 saturated heterocycles. The van der Waals surface area contributed by atoms with Gasteiger partial charge in [-0.2, -0.15) is 0 Å². The fourth-order valence-electron chi connectivity index (χ4n) is 5.29. The first-order valence-corrected chi connectivity index (χ1v) is 13.6. The van der Waals surface area contributed by atoms with Crippen LogP contribution in [-0.2, 0) is 14.3 Å². The minimum Gasteiger partial charge on any atom is -0.465 e. The van der Waals surface area contributed by atoms with Crippen LogP contribution in [0.4, 0.5) is 16.2 Å². The summed E-state index contributed by atoms with van der Waals surface area (Å²) in [6.07, 6.45) is 3.61. The van der Waals surface area contributed by atoms with Crippen LogP contribution in [0.2, 0.25) is 0 Å². The van der Waals surface area contributed by atoms with Gasteiger partial charge in [-0.05, 0) is 60.7 Å². The molecule has 0 aliphatic carbocycles. The third-order valence-electron chi connectivity index (χ3n) is 7.46. The number of hydrogen-bond donors (Lipinski definition) is 2. The first-order valence-electron chi connectivity index (χ1n) is 13.6. The van der Waals surface area contributed by atoms with Gasteiger partial charge in [0.1, 0.15) is 12.6 Å². The van der Waals surface area contributed by atoms with Crippen LogP contribution < -0.4 is 15.5 Å². The Bertz CT molecular complexity index is 1510. The number of carbonyl (C=O) groups excluding carboxylic acids is 4. The Labute approximate surface area is 238 Å². The highest BCUT2D eigenvalue weighted by Crippen LogP contribution is 2.35. The summed E-state index contributed by atoms with van der Waals surface area (Å²) in [5, 5.41) is 5.56. The van der Waals surface area contributed by atoms with Gasteiger partial charge in [0.05, 0.1) is 18.4 Å². The predicted octanol–water partition coefficient (Wildman–Crippen LogP) is 4.37. The summed E-state index contributed by atoms with van der Waals surface area (Å²) < 4.78 is 4.84. The Morgan fingerprint density at radius 3 is 2.37 bits per heavy atom. The first kappa shape index (κ1) is 27.6.